The maximum atomic E-state index is 14.1. The number of halogens is 2. The molecule has 0 amide bonds. The fraction of sp³-hybridized carbons (Fsp3) is 0. The van der Waals surface area contributed by atoms with Crippen LogP contribution in [0.25, 0.3) is 11.1 Å². The van der Waals surface area contributed by atoms with E-state index < -0.39 is 34.2 Å². The normalized spacial score (nSPS) is 10.8. The number of aromatic hydroxyl groups is 1. The summed E-state index contributed by atoms with van der Waals surface area (Å²) in [7, 11) is -3.23. The Morgan fingerprint density at radius 1 is 0.929 bits per heavy atom. The number of phenols is 1. The standard InChI is InChI=1S/C19H13F2NO5S/c20-12-4-6-15(17(21)9-12)11-2-1-3-13(8-11)22(28(26)27)14-5-7-16(19(24)25)18(23)10-14/h1-10,23,28H,(H,24,25). The van der Waals surface area contributed by atoms with E-state index in [0.29, 0.717) is 5.56 Å². The Morgan fingerprint density at radius 3 is 2.25 bits per heavy atom. The highest BCUT2D eigenvalue weighted by atomic mass is 32.2. The van der Waals surface area contributed by atoms with Crippen molar-refractivity contribution in [3.63, 3.8) is 0 Å². The molecule has 6 nitrogen and oxygen atoms in total. The summed E-state index contributed by atoms with van der Waals surface area (Å²) in [6.45, 7) is 0. The molecule has 0 atom stereocenters. The Bertz CT molecular complexity index is 1140. The summed E-state index contributed by atoms with van der Waals surface area (Å²) in [6, 6.07) is 12.2. The molecular formula is C19H13F2NO5S. The Morgan fingerprint density at radius 2 is 1.64 bits per heavy atom. The predicted molar refractivity (Wildman–Crippen MR) is 99.3 cm³/mol. The Labute approximate surface area is 160 Å². The summed E-state index contributed by atoms with van der Waals surface area (Å²) < 4.78 is 51.7. The van der Waals surface area contributed by atoms with E-state index in [1.54, 1.807) is 0 Å². The molecule has 144 valence electrons. The average Bonchev–Trinajstić information content (AvgIpc) is 2.61. The lowest BCUT2D eigenvalue weighted by molar-refractivity contribution is 0.0693. The van der Waals surface area contributed by atoms with Crippen molar-refractivity contribution in [1.82, 2.24) is 0 Å². The monoisotopic (exact) mass is 405 g/mol. The van der Waals surface area contributed by atoms with Crippen LogP contribution >= 0.6 is 0 Å². The molecule has 3 aromatic rings. The largest absolute Gasteiger partial charge is 0.507 e. The van der Waals surface area contributed by atoms with Crippen molar-refractivity contribution in [2.75, 3.05) is 4.31 Å². The van der Waals surface area contributed by atoms with Gasteiger partial charge in [-0.05, 0) is 42.0 Å². The Kier molecular flexibility index (Phi) is 5.27. The number of aromatic carboxylic acids is 1. The summed E-state index contributed by atoms with van der Waals surface area (Å²) in [5, 5.41) is 18.8. The van der Waals surface area contributed by atoms with Gasteiger partial charge in [-0.1, -0.05) is 12.1 Å². The lowest BCUT2D eigenvalue weighted by Crippen LogP contribution is -2.14. The van der Waals surface area contributed by atoms with E-state index in [1.165, 1.54) is 36.4 Å². The van der Waals surface area contributed by atoms with Crippen molar-refractivity contribution in [2.45, 2.75) is 0 Å². The van der Waals surface area contributed by atoms with Gasteiger partial charge in [-0.2, -0.15) is 0 Å². The van der Waals surface area contributed by atoms with E-state index in [2.05, 4.69) is 0 Å². The molecule has 0 heterocycles. The smallest absolute Gasteiger partial charge is 0.339 e. The molecule has 0 saturated heterocycles. The first-order valence-corrected chi connectivity index (χ1v) is 8.97. The molecule has 3 rings (SSSR count). The van der Waals surface area contributed by atoms with Gasteiger partial charge in [0.1, 0.15) is 22.9 Å². The number of nitrogens with zero attached hydrogens (tertiary/aromatic N) is 1. The molecule has 0 spiro atoms. The van der Waals surface area contributed by atoms with Gasteiger partial charge in [0.15, 0.2) is 0 Å². The van der Waals surface area contributed by atoms with Crippen molar-refractivity contribution in [3.05, 3.63) is 77.9 Å². The van der Waals surface area contributed by atoms with Crippen molar-refractivity contribution in [2.24, 2.45) is 0 Å². The van der Waals surface area contributed by atoms with Crippen LogP contribution in [0.4, 0.5) is 20.2 Å². The Balaban J connectivity index is 2.09. The van der Waals surface area contributed by atoms with Crippen LogP contribution in [-0.4, -0.2) is 24.6 Å². The van der Waals surface area contributed by atoms with Crippen molar-refractivity contribution in [1.29, 1.82) is 0 Å². The highest BCUT2D eigenvalue weighted by Crippen LogP contribution is 2.33. The lowest BCUT2D eigenvalue weighted by atomic mass is 10.0. The van der Waals surface area contributed by atoms with Gasteiger partial charge >= 0.3 is 5.97 Å². The van der Waals surface area contributed by atoms with Gasteiger partial charge in [0.25, 0.3) is 0 Å². The zero-order valence-electron chi connectivity index (χ0n) is 14.0. The maximum absolute atomic E-state index is 14.1. The number of benzene rings is 3. The highest BCUT2D eigenvalue weighted by Gasteiger charge is 2.17. The third-order valence-electron chi connectivity index (χ3n) is 3.95. The van der Waals surface area contributed by atoms with Gasteiger partial charge in [0, 0.05) is 17.7 Å². The van der Waals surface area contributed by atoms with Crippen LogP contribution in [-0.2, 0) is 10.9 Å². The number of hydrogen-bond donors (Lipinski definition) is 3. The minimum absolute atomic E-state index is 0.00432. The summed E-state index contributed by atoms with van der Waals surface area (Å²) in [5.41, 5.74) is 0.124. The molecule has 0 unspecified atom stereocenters. The minimum atomic E-state index is -3.23. The van der Waals surface area contributed by atoms with E-state index in [1.807, 2.05) is 0 Å². The number of carboxylic acid groups (broad SMARTS) is 1. The third-order valence-corrected chi connectivity index (χ3v) is 4.74. The van der Waals surface area contributed by atoms with Crippen LogP contribution in [0, 0.1) is 11.6 Å². The molecular weight excluding hydrogens is 392 g/mol. The van der Waals surface area contributed by atoms with E-state index in [4.69, 9.17) is 5.11 Å². The number of anilines is 2. The van der Waals surface area contributed by atoms with Gasteiger partial charge in [-0.3, -0.25) is 0 Å². The summed E-state index contributed by atoms with van der Waals surface area (Å²) in [6.07, 6.45) is 0. The molecule has 0 saturated carbocycles. The molecule has 0 bridgehead atoms. The molecule has 0 aliphatic heterocycles. The molecule has 0 aliphatic rings. The molecule has 0 fully saturated rings. The number of hydrogen-bond acceptors (Lipinski definition) is 4. The van der Waals surface area contributed by atoms with Crippen LogP contribution in [0.5, 0.6) is 5.75 Å². The summed E-state index contributed by atoms with van der Waals surface area (Å²) in [5.74, 6) is -3.52. The topological polar surface area (TPSA) is 94.9 Å². The number of carboxylic acids is 1. The van der Waals surface area contributed by atoms with Crippen LogP contribution in [0.1, 0.15) is 10.4 Å². The van der Waals surface area contributed by atoms with E-state index in [0.717, 1.165) is 28.6 Å². The first-order chi connectivity index (χ1) is 13.3. The molecule has 0 radical (unpaired) electrons. The first kappa shape index (κ1) is 19.3. The molecule has 9 heteroatoms. The van der Waals surface area contributed by atoms with E-state index in [9.17, 15) is 27.1 Å². The van der Waals surface area contributed by atoms with Crippen molar-refractivity contribution >= 4 is 28.2 Å². The van der Waals surface area contributed by atoms with Gasteiger partial charge < -0.3 is 10.2 Å². The molecule has 2 N–H and O–H groups in total. The molecule has 0 aromatic heterocycles. The zero-order valence-corrected chi connectivity index (χ0v) is 14.9. The van der Waals surface area contributed by atoms with E-state index >= 15 is 0 Å². The van der Waals surface area contributed by atoms with Gasteiger partial charge in [0.05, 0.1) is 11.4 Å². The number of thiol groups is 1. The van der Waals surface area contributed by atoms with Crippen molar-refractivity contribution < 1.29 is 32.2 Å². The van der Waals surface area contributed by atoms with E-state index in [-0.39, 0.29) is 22.5 Å². The molecule has 0 aliphatic carbocycles. The molecule has 28 heavy (non-hydrogen) atoms. The van der Waals surface area contributed by atoms with Crippen LogP contribution in [0.2, 0.25) is 0 Å². The predicted octanol–water partition coefficient (Wildman–Crippen LogP) is 3.70. The van der Waals surface area contributed by atoms with Crippen LogP contribution < -0.4 is 4.31 Å². The third kappa shape index (κ3) is 3.79. The lowest BCUT2D eigenvalue weighted by Gasteiger charge is -2.19. The SMILES string of the molecule is O=C(O)c1ccc(N(c2cccc(-c3ccc(F)cc3F)c2)[SH](=O)=O)cc1O. The number of carbonyl (C=O) groups is 1. The van der Waals surface area contributed by atoms with Gasteiger partial charge in [0.2, 0.25) is 10.9 Å². The fourth-order valence-electron chi connectivity index (χ4n) is 2.70. The van der Waals surface area contributed by atoms with Crippen LogP contribution in [0.3, 0.4) is 0 Å². The second-order valence-electron chi connectivity index (χ2n) is 5.73. The number of rotatable bonds is 5. The first-order valence-electron chi connectivity index (χ1n) is 7.84. The highest BCUT2D eigenvalue weighted by molar-refractivity contribution is 7.74. The maximum Gasteiger partial charge on any atom is 0.339 e. The summed E-state index contributed by atoms with van der Waals surface area (Å²) in [4.78, 5) is 11.0. The Hall–Kier alpha value is -3.46. The average molecular weight is 405 g/mol. The van der Waals surface area contributed by atoms with Gasteiger partial charge in [-0.25, -0.2) is 26.3 Å². The zero-order chi connectivity index (χ0) is 20.4. The minimum Gasteiger partial charge on any atom is -0.507 e. The van der Waals surface area contributed by atoms with Crippen molar-refractivity contribution in [3.8, 4) is 16.9 Å². The van der Waals surface area contributed by atoms with Gasteiger partial charge in [-0.15, -0.1) is 0 Å². The second kappa shape index (κ2) is 7.65. The van der Waals surface area contributed by atoms with Crippen LogP contribution in [0.15, 0.2) is 60.7 Å². The fourth-order valence-corrected chi connectivity index (χ4v) is 3.32. The summed E-state index contributed by atoms with van der Waals surface area (Å²) >= 11 is 0. The molecule has 3 aromatic carbocycles. The quantitative estimate of drug-likeness (QED) is 0.563. The second-order valence-corrected chi connectivity index (χ2v) is 6.61.